The van der Waals surface area contributed by atoms with E-state index in [1.165, 1.54) is 18.1 Å². The van der Waals surface area contributed by atoms with E-state index in [-0.39, 0.29) is 24.0 Å². The van der Waals surface area contributed by atoms with Gasteiger partial charge in [-0.2, -0.15) is 0 Å². The number of amides is 1. The molecular weight excluding hydrogens is 357 g/mol. The van der Waals surface area contributed by atoms with Crippen molar-refractivity contribution in [2.45, 2.75) is 19.0 Å². The Labute approximate surface area is 152 Å². The number of halogens is 1. The Morgan fingerprint density at radius 1 is 1.23 bits per heavy atom. The summed E-state index contributed by atoms with van der Waals surface area (Å²) in [5, 5.41) is 0. The van der Waals surface area contributed by atoms with Crippen LogP contribution in [0.1, 0.15) is 22.3 Å². The van der Waals surface area contributed by atoms with Gasteiger partial charge in [0.15, 0.2) is 9.84 Å². The standard InChI is InChI=1S/C19H20FNO4S/c1-25-17-7-4-6-14(11-17)19(22)21(16-9-10-26(23,24)13-16)12-15-5-2-3-8-18(15)20/h2-8,11,16H,9-10,12-13H2,1H3/t16-/m1/s1. The van der Waals surface area contributed by atoms with Gasteiger partial charge in [0.25, 0.3) is 5.91 Å². The lowest BCUT2D eigenvalue weighted by Crippen LogP contribution is -2.40. The second-order valence-electron chi connectivity index (χ2n) is 6.31. The Kier molecular flexibility index (Phi) is 5.27. The van der Waals surface area contributed by atoms with Crippen LogP contribution in [0, 0.1) is 5.82 Å². The Morgan fingerprint density at radius 2 is 2.00 bits per heavy atom. The van der Waals surface area contributed by atoms with Gasteiger partial charge in [-0.1, -0.05) is 24.3 Å². The topological polar surface area (TPSA) is 63.7 Å². The van der Waals surface area contributed by atoms with E-state index in [0.717, 1.165) is 0 Å². The zero-order chi connectivity index (χ0) is 18.7. The average Bonchev–Trinajstić information content (AvgIpc) is 3.00. The molecule has 2 aromatic rings. The van der Waals surface area contributed by atoms with Gasteiger partial charge in [-0.25, -0.2) is 12.8 Å². The van der Waals surface area contributed by atoms with E-state index in [1.54, 1.807) is 42.5 Å². The Morgan fingerprint density at radius 3 is 2.65 bits per heavy atom. The highest BCUT2D eigenvalue weighted by atomic mass is 32.2. The molecule has 2 aromatic carbocycles. The molecule has 0 aliphatic carbocycles. The van der Waals surface area contributed by atoms with Crippen molar-refractivity contribution in [2.24, 2.45) is 0 Å². The fourth-order valence-corrected chi connectivity index (χ4v) is 4.85. The minimum Gasteiger partial charge on any atom is -0.497 e. The summed E-state index contributed by atoms with van der Waals surface area (Å²) in [6.07, 6.45) is 0.354. The maximum Gasteiger partial charge on any atom is 0.254 e. The van der Waals surface area contributed by atoms with Crippen molar-refractivity contribution in [2.75, 3.05) is 18.6 Å². The largest absolute Gasteiger partial charge is 0.497 e. The molecule has 0 saturated carbocycles. The van der Waals surface area contributed by atoms with Crippen molar-refractivity contribution in [3.05, 3.63) is 65.5 Å². The molecule has 0 bridgehead atoms. The van der Waals surface area contributed by atoms with Crippen LogP contribution in [-0.2, 0) is 16.4 Å². The first-order valence-electron chi connectivity index (χ1n) is 8.28. The SMILES string of the molecule is COc1cccc(C(=O)N(Cc2ccccc2F)[C@@H]2CCS(=O)(=O)C2)c1. The molecule has 0 radical (unpaired) electrons. The van der Waals surface area contributed by atoms with Gasteiger partial charge in [-0.3, -0.25) is 4.79 Å². The van der Waals surface area contributed by atoms with E-state index in [2.05, 4.69) is 0 Å². The van der Waals surface area contributed by atoms with E-state index in [9.17, 15) is 17.6 Å². The van der Waals surface area contributed by atoms with Crippen LogP contribution in [0.25, 0.3) is 0 Å². The number of sulfone groups is 1. The molecule has 7 heteroatoms. The molecular formula is C19H20FNO4S. The lowest BCUT2D eigenvalue weighted by molar-refractivity contribution is 0.0678. The maximum atomic E-state index is 14.1. The predicted octanol–water partition coefficient (Wildman–Crippen LogP) is 2.66. The lowest BCUT2D eigenvalue weighted by atomic mass is 10.1. The van der Waals surface area contributed by atoms with Crippen molar-refractivity contribution in [3.8, 4) is 5.75 Å². The van der Waals surface area contributed by atoms with Crippen LogP contribution in [0.4, 0.5) is 4.39 Å². The number of rotatable bonds is 5. The molecule has 1 aliphatic rings. The minimum atomic E-state index is -3.18. The molecule has 138 valence electrons. The number of hydrogen-bond acceptors (Lipinski definition) is 4. The summed E-state index contributed by atoms with van der Waals surface area (Å²) < 4.78 is 43.0. The van der Waals surface area contributed by atoms with Crippen LogP contribution in [0.2, 0.25) is 0 Å². The lowest BCUT2D eigenvalue weighted by Gasteiger charge is -2.29. The minimum absolute atomic E-state index is 0.0168. The number of benzene rings is 2. The van der Waals surface area contributed by atoms with E-state index in [0.29, 0.717) is 23.3 Å². The molecule has 1 heterocycles. The van der Waals surface area contributed by atoms with E-state index >= 15 is 0 Å². The van der Waals surface area contributed by atoms with Gasteiger partial charge in [0.2, 0.25) is 0 Å². The summed E-state index contributed by atoms with van der Waals surface area (Å²) in [5.41, 5.74) is 0.734. The van der Waals surface area contributed by atoms with Gasteiger partial charge in [0.05, 0.1) is 18.6 Å². The van der Waals surface area contributed by atoms with Crippen LogP contribution in [-0.4, -0.2) is 43.9 Å². The molecule has 1 saturated heterocycles. The number of ether oxygens (including phenoxy) is 1. The summed E-state index contributed by atoms with van der Waals surface area (Å²) in [4.78, 5) is 14.5. The highest BCUT2D eigenvalue weighted by Crippen LogP contribution is 2.24. The summed E-state index contributed by atoms with van der Waals surface area (Å²) in [6.45, 7) is 0.0168. The highest BCUT2D eigenvalue weighted by molar-refractivity contribution is 7.91. The summed E-state index contributed by atoms with van der Waals surface area (Å²) in [7, 11) is -1.68. The van der Waals surface area contributed by atoms with Crippen LogP contribution in [0.5, 0.6) is 5.75 Å². The van der Waals surface area contributed by atoms with Crippen molar-refractivity contribution >= 4 is 15.7 Å². The molecule has 0 spiro atoms. The monoisotopic (exact) mass is 377 g/mol. The Balaban J connectivity index is 1.94. The molecule has 0 aromatic heterocycles. The van der Waals surface area contributed by atoms with E-state index in [1.807, 2.05) is 0 Å². The van der Waals surface area contributed by atoms with Crippen LogP contribution in [0.3, 0.4) is 0 Å². The summed E-state index contributed by atoms with van der Waals surface area (Å²) >= 11 is 0. The second-order valence-corrected chi connectivity index (χ2v) is 8.54. The number of methoxy groups -OCH3 is 1. The molecule has 1 amide bonds. The smallest absolute Gasteiger partial charge is 0.254 e. The molecule has 0 N–H and O–H groups in total. The average molecular weight is 377 g/mol. The van der Waals surface area contributed by atoms with Gasteiger partial charge in [0, 0.05) is 23.7 Å². The molecule has 26 heavy (non-hydrogen) atoms. The maximum absolute atomic E-state index is 14.1. The van der Waals surface area contributed by atoms with Gasteiger partial charge in [-0.05, 0) is 30.7 Å². The summed E-state index contributed by atoms with van der Waals surface area (Å²) in [6, 6.07) is 12.4. The normalized spacial score (nSPS) is 18.5. The fraction of sp³-hybridized carbons (Fsp3) is 0.316. The first kappa shape index (κ1) is 18.4. The molecule has 1 fully saturated rings. The van der Waals surface area contributed by atoms with Crippen molar-refractivity contribution in [3.63, 3.8) is 0 Å². The zero-order valence-corrected chi connectivity index (χ0v) is 15.2. The zero-order valence-electron chi connectivity index (χ0n) is 14.4. The van der Waals surface area contributed by atoms with Gasteiger partial charge >= 0.3 is 0 Å². The predicted molar refractivity (Wildman–Crippen MR) is 96.3 cm³/mol. The third kappa shape index (κ3) is 4.04. The molecule has 0 unspecified atom stereocenters. The molecule has 5 nitrogen and oxygen atoms in total. The third-order valence-electron chi connectivity index (χ3n) is 4.53. The fourth-order valence-electron chi connectivity index (χ4n) is 3.12. The molecule has 1 aliphatic heterocycles. The Bertz CT molecular complexity index is 913. The molecule has 3 rings (SSSR count). The number of carbonyl (C=O) groups excluding carboxylic acids is 1. The van der Waals surface area contributed by atoms with Crippen LogP contribution < -0.4 is 4.74 Å². The summed E-state index contributed by atoms with van der Waals surface area (Å²) in [5.74, 6) is -0.291. The highest BCUT2D eigenvalue weighted by Gasteiger charge is 2.35. The van der Waals surface area contributed by atoms with Gasteiger partial charge in [-0.15, -0.1) is 0 Å². The van der Waals surface area contributed by atoms with E-state index < -0.39 is 21.7 Å². The van der Waals surface area contributed by atoms with Crippen molar-refractivity contribution in [1.82, 2.24) is 4.90 Å². The third-order valence-corrected chi connectivity index (χ3v) is 6.28. The second kappa shape index (κ2) is 7.45. The number of hydrogen-bond donors (Lipinski definition) is 0. The number of nitrogens with zero attached hydrogens (tertiary/aromatic N) is 1. The number of carbonyl (C=O) groups is 1. The first-order chi connectivity index (χ1) is 12.4. The Hall–Kier alpha value is -2.41. The van der Waals surface area contributed by atoms with Crippen molar-refractivity contribution in [1.29, 1.82) is 0 Å². The molecule has 1 atom stereocenters. The first-order valence-corrected chi connectivity index (χ1v) is 10.1. The van der Waals surface area contributed by atoms with Gasteiger partial charge < -0.3 is 9.64 Å². The van der Waals surface area contributed by atoms with Crippen LogP contribution in [0.15, 0.2) is 48.5 Å². The van der Waals surface area contributed by atoms with E-state index in [4.69, 9.17) is 4.74 Å². The van der Waals surface area contributed by atoms with Crippen molar-refractivity contribution < 1.29 is 22.3 Å². The van der Waals surface area contributed by atoms with Gasteiger partial charge in [0.1, 0.15) is 11.6 Å². The quantitative estimate of drug-likeness (QED) is 0.804. The van der Waals surface area contributed by atoms with Crippen LogP contribution >= 0.6 is 0 Å².